The van der Waals surface area contributed by atoms with Crippen LogP contribution in [0.3, 0.4) is 0 Å². The maximum absolute atomic E-state index is 13.1. The third kappa shape index (κ3) is 4.92. The van der Waals surface area contributed by atoms with Crippen molar-refractivity contribution in [3.8, 4) is 28.1 Å². The SMILES string of the molecule is CC(C)(C)c1cc(-c2cccc(-c3cccc(C(F)(F)F)n3)c2)c(O)c(C(C)(C)C)c1. The fraction of sp³-hybridized carbons (Fsp3) is 0.346. The van der Waals surface area contributed by atoms with Crippen molar-refractivity contribution in [3.05, 3.63) is 71.4 Å². The third-order valence-electron chi connectivity index (χ3n) is 5.29. The largest absolute Gasteiger partial charge is 0.507 e. The standard InChI is InChI=1S/C26H28F3NO/c1-24(2,3)18-14-19(23(31)20(15-18)25(4,5)6)16-9-7-10-17(13-16)21-11-8-12-22(30-21)26(27,28)29/h7-15,31H,1-6H3. The minimum Gasteiger partial charge on any atom is -0.507 e. The smallest absolute Gasteiger partial charge is 0.433 e. The second kappa shape index (κ2) is 7.70. The summed E-state index contributed by atoms with van der Waals surface area (Å²) in [6, 6.07) is 15.0. The highest BCUT2D eigenvalue weighted by atomic mass is 19.4. The number of benzene rings is 2. The molecule has 0 aliphatic heterocycles. The van der Waals surface area contributed by atoms with Crippen LogP contribution in [0.25, 0.3) is 22.4 Å². The lowest BCUT2D eigenvalue weighted by Gasteiger charge is -2.27. The Hall–Kier alpha value is -2.82. The van der Waals surface area contributed by atoms with Gasteiger partial charge in [0, 0.05) is 16.7 Å². The first-order chi connectivity index (χ1) is 14.2. The lowest BCUT2D eigenvalue weighted by molar-refractivity contribution is -0.141. The topological polar surface area (TPSA) is 33.1 Å². The highest BCUT2D eigenvalue weighted by molar-refractivity contribution is 5.77. The Balaban J connectivity index is 2.19. The molecule has 0 unspecified atom stereocenters. The van der Waals surface area contributed by atoms with Gasteiger partial charge in [-0.15, -0.1) is 0 Å². The summed E-state index contributed by atoms with van der Waals surface area (Å²) >= 11 is 0. The van der Waals surface area contributed by atoms with E-state index in [-0.39, 0.29) is 22.3 Å². The molecule has 2 nitrogen and oxygen atoms in total. The number of aromatic hydroxyl groups is 1. The summed E-state index contributed by atoms with van der Waals surface area (Å²) in [7, 11) is 0. The van der Waals surface area contributed by atoms with Gasteiger partial charge in [0.2, 0.25) is 0 Å². The van der Waals surface area contributed by atoms with E-state index < -0.39 is 11.9 Å². The number of hydrogen-bond donors (Lipinski definition) is 1. The van der Waals surface area contributed by atoms with Crippen molar-refractivity contribution >= 4 is 0 Å². The minimum absolute atomic E-state index is 0.136. The van der Waals surface area contributed by atoms with Gasteiger partial charge in [-0.1, -0.05) is 71.9 Å². The Morgan fingerprint density at radius 2 is 1.35 bits per heavy atom. The molecule has 0 spiro atoms. The molecule has 3 aromatic rings. The van der Waals surface area contributed by atoms with Crippen LogP contribution in [0.1, 0.15) is 58.4 Å². The summed E-state index contributed by atoms with van der Waals surface area (Å²) in [6.07, 6.45) is -4.51. The van der Waals surface area contributed by atoms with E-state index in [0.717, 1.165) is 22.8 Å². The number of hydrogen-bond acceptors (Lipinski definition) is 2. The van der Waals surface area contributed by atoms with Gasteiger partial charge in [0.05, 0.1) is 5.69 Å². The van der Waals surface area contributed by atoms with Crippen molar-refractivity contribution < 1.29 is 18.3 Å². The van der Waals surface area contributed by atoms with E-state index in [4.69, 9.17) is 0 Å². The number of pyridine rings is 1. The van der Waals surface area contributed by atoms with Crippen LogP contribution >= 0.6 is 0 Å². The van der Waals surface area contributed by atoms with Gasteiger partial charge < -0.3 is 5.11 Å². The quantitative estimate of drug-likeness (QED) is 0.454. The molecule has 0 bridgehead atoms. The van der Waals surface area contributed by atoms with Crippen LogP contribution in [0.5, 0.6) is 5.75 Å². The average Bonchev–Trinajstić information content (AvgIpc) is 2.66. The molecule has 2 aromatic carbocycles. The number of phenols is 1. The average molecular weight is 428 g/mol. The molecule has 0 aliphatic rings. The first-order valence-corrected chi connectivity index (χ1v) is 10.2. The molecule has 0 atom stereocenters. The molecule has 0 amide bonds. The van der Waals surface area contributed by atoms with Crippen molar-refractivity contribution in [2.75, 3.05) is 0 Å². The van der Waals surface area contributed by atoms with Gasteiger partial charge in [0.1, 0.15) is 11.4 Å². The van der Waals surface area contributed by atoms with Crippen molar-refractivity contribution in [1.29, 1.82) is 0 Å². The lowest BCUT2D eigenvalue weighted by Crippen LogP contribution is -2.17. The zero-order chi connectivity index (χ0) is 23.2. The number of nitrogens with zero attached hydrogens (tertiary/aromatic N) is 1. The number of aromatic nitrogens is 1. The molecule has 0 saturated carbocycles. The number of phenolic OH excluding ortho intramolecular Hbond substituents is 1. The molecular formula is C26H28F3NO. The van der Waals surface area contributed by atoms with Gasteiger partial charge >= 0.3 is 6.18 Å². The second-order valence-corrected chi connectivity index (χ2v) is 9.91. The molecular weight excluding hydrogens is 399 g/mol. The van der Waals surface area contributed by atoms with Crippen LogP contribution in [-0.4, -0.2) is 10.1 Å². The molecule has 0 saturated heterocycles. The van der Waals surface area contributed by atoms with Crippen molar-refractivity contribution in [2.45, 2.75) is 58.5 Å². The van der Waals surface area contributed by atoms with E-state index in [2.05, 4.69) is 25.8 Å². The molecule has 0 aliphatic carbocycles. The van der Waals surface area contributed by atoms with Crippen LogP contribution in [0.2, 0.25) is 0 Å². The zero-order valence-corrected chi connectivity index (χ0v) is 18.7. The molecule has 0 radical (unpaired) electrons. The van der Waals surface area contributed by atoms with Crippen LogP contribution in [0, 0.1) is 0 Å². The molecule has 1 aromatic heterocycles. The van der Waals surface area contributed by atoms with Crippen LogP contribution in [0.15, 0.2) is 54.6 Å². The van der Waals surface area contributed by atoms with Gasteiger partial charge in [-0.3, -0.25) is 0 Å². The lowest BCUT2D eigenvalue weighted by atomic mass is 9.78. The van der Waals surface area contributed by atoms with Crippen LogP contribution in [0.4, 0.5) is 13.2 Å². The van der Waals surface area contributed by atoms with Gasteiger partial charge in [-0.25, -0.2) is 4.98 Å². The summed E-state index contributed by atoms with van der Waals surface area (Å²) in [5.41, 5.74) is 2.74. The fourth-order valence-corrected chi connectivity index (χ4v) is 3.46. The molecule has 31 heavy (non-hydrogen) atoms. The predicted octanol–water partition coefficient (Wildman–Crippen LogP) is 7.74. The number of rotatable bonds is 2. The molecule has 3 rings (SSSR count). The summed E-state index contributed by atoms with van der Waals surface area (Å²) in [5.74, 6) is 0.189. The summed E-state index contributed by atoms with van der Waals surface area (Å²) in [6.45, 7) is 12.5. The zero-order valence-electron chi connectivity index (χ0n) is 18.7. The van der Waals surface area contributed by atoms with E-state index in [1.54, 1.807) is 24.3 Å². The van der Waals surface area contributed by atoms with E-state index in [1.165, 1.54) is 6.07 Å². The minimum atomic E-state index is -4.51. The first-order valence-electron chi connectivity index (χ1n) is 10.2. The highest BCUT2D eigenvalue weighted by Gasteiger charge is 2.32. The Bertz CT molecular complexity index is 1100. The van der Waals surface area contributed by atoms with Crippen molar-refractivity contribution in [1.82, 2.24) is 4.98 Å². The second-order valence-electron chi connectivity index (χ2n) is 9.91. The van der Waals surface area contributed by atoms with Gasteiger partial charge in [-0.05, 0) is 46.2 Å². The molecule has 164 valence electrons. The summed E-state index contributed by atoms with van der Waals surface area (Å²) in [5, 5.41) is 11.1. The molecule has 1 heterocycles. The third-order valence-corrected chi connectivity index (χ3v) is 5.29. The highest BCUT2D eigenvalue weighted by Crippen LogP contribution is 2.42. The summed E-state index contributed by atoms with van der Waals surface area (Å²) < 4.78 is 39.3. The Morgan fingerprint density at radius 3 is 1.94 bits per heavy atom. The molecule has 1 N–H and O–H groups in total. The maximum Gasteiger partial charge on any atom is 0.433 e. The van der Waals surface area contributed by atoms with E-state index in [9.17, 15) is 18.3 Å². The number of alkyl halides is 3. The fourth-order valence-electron chi connectivity index (χ4n) is 3.46. The van der Waals surface area contributed by atoms with Gasteiger partial charge in [0.15, 0.2) is 0 Å². The Kier molecular flexibility index (Phi) is 5.68. The molecule has 5 heteroatoms. The molecule has 0 fully saturated rings. The summed E-state index contributed by atoms with van der Waals surface area (Å²) in [4.78, 5) is 3.80. The van der Waals surface area contributed by atoms with E-state index in [0.29, 0.717) is 11.1 Å². The van der Waals surface area contributed by atoms with Crippen LogP contribution in [-0.2, 0) is 17.0 Å². The maximum atomic E-state index is 13.1. The van der Waals surface area contributed by atoms with E-state index >= 15 is 0 Å². The first kappa shape index (κ1) is 22.9. The Morgan fingerprint density at radius 1 is 0.742 bits per heavy atom. The van der Waals surface area contributed by atoms with Gasteiger partial charge in [-0.2, -0.15) is 13.2 Å². The van der Waals surface area contributed by atoms with Gasteiger partial charge in [0.25, 0.3) is 0 Å². The van der Waals surface area contributed by atoms with Crippen LogP contribution < -0.4 is 0 Å². The predicted molar refractivity (Wildman–Crippen MR) is 119 cm³/mol. The normalized spacial score (nSPS) is 12.8. The Labute approximate surface area is 181 Å². The van der Waals surface area contributed by atoms with Crippen molar-refractivity contribution in [3.63, 3.8) is 0 Å². The van der Waals surface area contributed by atoms with Crippen molar-refractivity contribution in [2.24, 2.45) is 0 Å². The number of halogens is 3. The monoisotopic (exact) mass is 427 g/mol. The van der Waals surface area contributed by atoms with E-state index in [1.807, 2.05) is 39.0 Å².